The average Bonchev–Trinajstić information content (AvgIpc) is 2.58. The molecule has 0 heterocycles. The average molecular weight is 349 g/mol. The molecule has 0 saturated carbocycles. The normalized spacial score (nSPS) is 22.7. The third-order valence-corrected chi connectivity index (χ3v) is 4.68. The molecule has 0 aromatic heterocycles. The number of nitrogens with zero attached hydrogens (tertiary/aromatic N) is 2. The highest BCUT2D eigenvalue weighted by Gasteiger charge is 2.26. The number of Topliss-reactive ketones (excluding diaryl/α,β-unsaturated/α-hetero) is 1. The van der Waals surface area contributed by atoms with Gasteiger partial charge in [-0.25, -0.2) is 0 Å². The van der Waals surface area contributed by atoms with Crippen LogP contribution in [-0.4, -0.2) is 11.5 Å². The molecule has 2 rings (SSSR count). The maximum absolute atomic E-state index is 12.5. The Morgan fingerprint density at radius 1 is 1.38 bits per heavy atom. The number of nitrogens with two attached hydrogens (primary N) is 1. The molecule has 0 bridgehead atoms. The summed E-state index contributed by atoms with van der Waals surface area (Å²) in [5.74, 6) is 0.0695. The van der Waals surface area contributed by atoms with Crippen LogP contribution in [0.25, 0.3) is 0 Å². The number of allylic oxidation sites excluding steroid dienone is 3. The minimum atomic E-state index is -0.687. The molecule has 4 heteroatoms. The Hall–Kier alpha value is -2.51. The monoisotopic (exact) mass is 349 g/mol. The van der Waals surface area contributed by atoms with Crippen molar-refractivity contribution in [2.45, 2.75) is 52.5 Å². The third-order valence-electron chi connectivity index (χ3n) is 4.68. The van der Waals surface area contributed by atoms with E-state index in [2.05, 4.69) is 11.1 Å². The van der Waals surface area contributed by atoms with Gasteiger partial charge in [0.25, 0.3) is 0 Å². The Kier molecular flexibility index (Phi) is 5.94. The summed E-state index contributed by atoms with van der Waals surface area (Å²) in [6.45, 7) is 7.60. The fourth-order valence-corrected chi connectivity index (χ4v) is 3.22. The van der Waals surface area contributed by atoms with Crippen LogP contribution in [0.3, 0.4) is 0 Å². The number of benzene rings is 1. The first kappa shape index (κ1) is 19.8. The van der Waals surface area contributed by atoms with E-state index in [9.17, 15) is 10.1 Å². The lowest BCUT2D eigenvalue weighted by Crippen LogP contribution is -2.35. The number of aliphatic imine (C=N–C) groups is 1. The number of rotatable bonds is 6. The van der Waals surface area contributed by atoms with Gasteiger partial charge in [0.15, 0.2) is 0 Å². The van der Waals surface area contributed by atoms with E-state index in [1.54, 1.807) is 0 Å². The minimum Gasteiger partial charge on any atom is -0.321 e. The van der Waals surface area contributed by atoms with Crippen LogP contribution in [-0.2, 0) is 10.3 Å². The molecular weight excluding hydrogens is 322 g/mol. The van der Waals surface area contributed by atoms with E-state index in [-0.39, 0.29) is 18.6 Å². The van der Waals surface area contributed by atoms with Gasteiger partial charge in [0, 0.05) is 24.1 Å². The molecule has 1 aromatic rings. The maximum atomic E-state index is 12.5. The number of carbonyl (C=O) groups excluding carboxylic acids is 1. The van der Waals surface area contributed by atoms with E-state index in [0.29, 0.717) is 6.42 Å². The Labute approximate surface area is 156 Å². The first-order chi connectivity index (χ1) is 12.1. The summed E-state index contributed by atoms with van der Waals surface area (Å²) in [6, 6.07) is 12.0. The number of nitriles is 1. The summed E-state index contributed by atoms with van der Waals surface area (Å²) in [5.41, 5.74) is 8.73. The van der Waals surface area contributed by atoms with Crippen molar-refractivity contribution >= 4 is 11.5 Å². The molecule has 1 aliphatic rings. The predicted octanol–water partition coefficient (Wildman–Crippen LogP) is 4.43. The molecular formula is C22H27N3O. The first-order valence-corrected chi connectivity index (χ1v) is 8.87. The first-order valence-electron chi connectivity index (χ1n) is 8.87. The Bertz CT molecular complexity index is 810. The smallest absolute Gasteiger partial charge is 0.140 e. The summed E-state index contributed by atoms with van der Waals surface area (Å²) in [6.07, 6.45) is 5.11. The standard InChI is InChI=1S/C22H27N3O/c1-16-13-21(3,15-23)11-10-20(16)25-17(2)12-19(26)14-22(4,24)18-8-6-5-7-9-18/h5-10,13H,11-12,14,24H2,1-4H3. The molecule has 0 fully saturated rings. The molecule has 26 heavy (non-hydrogen) atoms. The molecule has 4 nitrogen and oxygen atoms in total. The Morgan fingerprint density at radius 2 is 2.04 bits per heavy atom. The van der Waals surface area contributed by atoms with Crippen molar-refractivity contribution in [3.05, 3.63) is 59.3 Å². The Morgan fingerprint density at radius 3 is 2.62 bits per heavy atom. The van der Waals surface area contributed by atoms with Gasteiger partial charge in [-0.05, 0) is 45.3 Å². The number of hydrogen-bond acceptors (Lipinski definition) is 4. The van der Waals surface area contributed by atoms with Gasteiger partial charge in [0.2, 0.25) is 0 Å². The molecule has 2 unspecified atom stereocenters. The van der Waals surface area contributed by atoms with E-state index in [4.69, 9.17) is 5.73 Å². The molecule has 136 valence electrons. The van der Waals surface area contributed by atoms with E-state index in [1.165, 1.54) is 0 Å². The van der Waals surface area contributed by atoms with Gasteiger partial charge in [-0.3, -0.25) is 9.79 Å². The largest absolute Gasteiger partial charge is 0.321 e. The fourth-order valence-electron chi connectivity index (χ4n) is 3.22. The molecule has 0 amide bonds. The van der Waals surface area contributed by atoms with Crippen molar-refractivity contribution in [3.63, 3.8) is 0 Å². The SMILES string of the molecule is CC1=CC(C)(C#N)CC=C1N=C(C)CC(=O)CC(C)(N)c1ccccc1. The molecule has 0 aliphatic heterocycles. The summed E-state index contributed by atoms with van der Waals surface area (Å²) in [4.78, 5) is 17.1. The van der Waals surface area contributed by atoms with Crippen LogP contribution in [0, 0.1) is 16.7 Å². The van der Waals surface area contributed by atoms with Gasteiger partial charge in [0.05, 0.1) is 17.2 Å². The second-order valence-electron chi connectivity index (χ2n) is 7.67. The van der Waals surface area contributed by atoms with Crippen LogP contribution in [0.2, 0.25) is 0 Å². The lowest BCUT2D eigenvalue weighted by Gasteiger charge is -2.24. The second-order valence-corrected chi connectivity index (χ2v) is 7.67. The van der Waals surface area contributed by atoms with Crippen molar-refractivity contribution in [1.29, 1.82) is 5.26 Å². The highest BCUT2D eigenvalue weighted by atomic mass is 16.1. The molecule has 2 N–H and O–H groups in total. The highest BCUT2D eigenvalue weighted by molar-refractivity contribution is 6.01. The van der Waals surface area contributed by atoms with Crippen molar-refractivity contribution in [3.8, 4) is 6.07 Å². The van der Waals surface area contributed by atoms with Gasteiger partial charge >= 0.3 is 0 Å². The van der Waals surface area contributed by atoms with E-state index >= 15 is 0 Å². The van der Waals surface area contributed by atoms with Gasteiger partial charge in [-0.1, -0.05) is 42.5 Å². The Balaban J connectivity index is 2.03. The molecule has 1 aliphatic carbocycles. The van der Waals surface area contributed by atoms with Crippen molar-refractivity contribution in [2.24, 2.45) is 16.1 Å². The number of hydrogen-bond donors (Lipinski definition) is 1. The zero-order valence-electron chi connectivity index (χ0n) is 16.0. The summed E-state index contributed by atoms with van der Waals surface area (Å²) < 4.78 is 0. The van der Waals surface area contributed by atoms with Crippen LogP contribution < -0.4 is 5.73 Å². The topological polar surface area (TPSA) is 79.2 Å². The van der Waals surface area contributed by atoms with Gasteiger partial charge in [-0.15, -0.1) is 0 Å². The minimum absolute atomic E-state index is 0.0695. The van der Waals surface area contributed by atoms with E-state index in [0.717, 1.165) is 22.5 Å². The summed E-state index contributed by atoms with van der Waals surface area (Å²) in [5, 5.41) is 9.24. The lowest BCUT2D eigenvalue weighted by molar-refractivity contribution is -0.119. The van der Waals surface area contributed by atoms with E-state index in [1.807, 2.05) is 70.2 Å². The zero-order valence-corrected chi connectivity index (χ0v) is 16.0. The maximum Gasteiger partial charge on any atom is 0.140 e. The summed E-state index contributed by atoms with van der Waals surface area (Å²) in [7, 11) is 0. The van der Waals surface area contributed by atoms with Crippen LogP contribution in [0.4, 0.5) is 0 Å². The quantitative estimate of drug-likeness (QED) is 0.771. The second kappa shape index (κ2) is 7.80. The molecule has 2 atom stereocenters. The number of carbonyl (C=O) groups is 1. The van der Waals surface area contributed by atoms with Crippen molar-refractivity contribution < 1.29 is 4.79 Å². The van der Waals surface area contributed by atoms with E-state index < -0.39 is 11.0 Å². The van der Waals surface area contributed by atoms with Crippen LogP contribution in [0.1, 0.15) is 52.5 Å². The van der Waals surface area contributed by atoms with Crippen LogP contribution in [0.15, 0.2) is 58.7 Å². The van der Waals surface area contributed by atoms with Gasteiger partial charge < -0.3 is 5.73 Å². The number of ketones is 1. The molecule has 0 spiro atoms. The third kappa shape index (κ3) is 5.00. The highest BCUT2D eigenvalue weighted by Crippen LogP contribution is 2.33. The zero-order chi connectivity index (χ0) is 19.4. The van der Waals surface area contributed by atoms with Crippen molar-refractivity contribution in [1.82, 2.24) is 0 Å². The van der Waals surface area contributed by atoms with Gasteiger partial charge in [-0.2, -0.15) is 5.26 Å². The molecule has 0 saturated heterocycles. The summed E-state index contributed by atoms with van der Waals surface area (Å²) >= 11 is 0. The predicted molar refractivity (Wildman–Crippen MR) is 106 cm³/mol. The van der Waals surface area contributed by atoms with Gasteiger partial charge in [0.1, 0.15) is 5.78 Å². The molecule has 0 radical (unpaired) electrons. The van der Waals surface area contributed by atoms with Crippen molar-refractivity contribution in [2.75, 3.05) is 0 Å². The fraction of sp³-hybridized carbons (Fsp3) is 0.409. The van der Waals surface area contributed by atoms with Crippen LogP contribution >= 0.6 is 0 Å². The van der Waals surface area contributed by atoms with Crippen LogP contribution in [0.5, 0.6) is 0 Å². The molecule has 1 aromatic carbocycles. The lowest BCUT2D eigenvalue weighted by atomic mass is 9.82.